The maximum absolute atomic E-state index is 11.2. The zero-order valence-corrected chi connectivity index (χ0v) is 11.6. The summed E-state index contributed by atoms with van der Waals surface area (Å²) in [5, 5.41) is 23.0. The molecule has 0 bridgehead atoms. The molecular weight excluding hydrogens is 278 g/mol. The van der Waals surface area contributed by atoms with Crippen LogP contribution in [0.2, 0.25) is 0 Å². The van der Waals surface area contributed by atoms with Gasteiger partial charge in [0.15, 0.2) is 0 Å². The van der Waals surface area contributed by atoms with Crippen LogP contribution in [0.4, 0.5) is 11.4 Å². The van der Waals surface area contributed by atoms with Crippen molar-refractivity contribution in [1.82, 2.24) is 4.90 Å². The molecule has 1 heterocycles. The number of hydrogen-bond donors (Lipinski definition) is 2. The number of nitrogens with one attached hydrogen (secondary N) is 1. The number of nitrogens with zero attached hydrogens (tertiary/aromatic N) is 2. The molecule has 1 aliphatic heterocycles. The number of carbonyl (C=O) groups is 1. The lowest BCUT2D eigenvalue weighted by Gasteiger charge is -2.30. The monoisotopic (exact) mass is 295 g/mol. The van der Waals surface area contributed by atoms with Crippen LogP contribution in [-0.2, 0) is 4.74 Å². The summed E-state index contributed by atoms with van der Waals surface area (Å²) >= 11 is 0. The van der Waals surface area contributed by atoms with Gasteiger partial charge in [0.1, 0.15) is 5.69 Å². The van der Waals surface area contributed by atoms with Gasteiger partial charge in [0.25, 0.3) is 5.69 Å². The second-order valence-corrected chi connectivity index (χ2v) is 4.90. The Morgan fingerprint density at radius 1 is 1.62 bits per heavy atom. The minimum atomic E-state index is -1.21. The second kappa shape index (κ2) is 6.51. The van der Waals surface area contributed by atoms with Gasteiger partial charge in [-0.3, -0.25) is 10.1 Å². The molecule has 0 aliphatic carbocycles. The number of carboxylic acid groups (broad SMARTS) is 1. The van der Waals surface area contributed by atoms with Gasteiger partial charge in [0.2, 0.25) is 0 Å². The smallest absolute Gasteiger partial charge is 0.338 e. The number of aromatic carboxylic acids is 1. The Labute approximate surface area is 121 Å². The Balaban J connectivity index is 2.17. The van der Waals surface area contributed by atoms with Crippen molar-refractivity contribution in [2.24, 2.45) is 0 Å². The number of carboxylic acids is 1. The summed E-state index contributed by atoms with van der Waals surface area (Å²) in [6, 6.07) is 3.98. The number of nitro groups is 1. The SMILES string of the molecule is CN1CCOC(CNc2c(C(=O)O)cccc2[N+](=O)[O-])C1. The summed E-state index contributed by atoms with van der Waals surface area (Å²) < 4.78 is 5.55. The van der Waals surface area contributed by atoms with Crippen molar-refractivity contribution in [2.75, 3.05) is 38.6 Å². The first-order chi connectivity index (χ1) is 9.99. The molecule has 2 N–H and O–H groups in total. The largest absolute Gasteiger partial charge is 0.478 e. The molecule has 0 saturated carbocycles. The second-order valence-electron chi connectivity index (χ2n) is 4.90. The highest BCUT2D eigenvalue weighted by Crippen LogP contribution is 2.28. The van der Waals surface area contributed by atoms with Crippen molar-refractivity contribution in [3.63, 3.8) is 0 Å². The van der Waals surface area contributed by atoms with Crippen molar-refractivity contribution in [2.45, 2.75) is 6.10 Å². The molecule has 0 spiro atoms. The number of rotatable bonds is 5. The number of anilines is 1. The molecule has 0 amide bonds. The van der Waals surface area contributed by atoms with E-state index in [1.165, 1.54) is 18.2 Å². The molecule has 114 valence electrons. The van der Waals surface area contributed by atoms with Crippen molar-refractivity contribution in [3.8, 4) is 0 Å². The van der Waals surface area contributed by atoms with Crippen molar-refractivity contribution < 1.29 is 19.6 Å². The van der Waals surface area contributed by atoms with Crippen LogP contribution in [0.15, 0.2) is 18.2 Å². The molecule has 1 aromatic carbocycles. The number of ether oxygens (including phenoxy) is 1. The molecule has 8 heteroatoms. The third kappa shape index (κ3) is 3.67. The lowest BCUT2D eigenvalue weighted by Crippen LogP contribution is -2.43. The van der Waals surface area contributed by atoms with Crippen LogP contribution >= 0.6 is 0 Å². The first-order valence-electron chi connectivity index (χ1n) is 6.53. The van der Waals surface area contributed by atoms with Gasteiger partial charge >= 0.3 is 5.97 Å². The Morgan fingerprint density at radius 2 is 2.38 bits per heavy atom. The molecule has 1 fully saturated rings. The molecule has 1 aromatic rings. The Morgan fingerprint density at radius 3 is 3.00 bits per heavy atom. The lowest BCUT2D eigenvalue weighted by molar-refractivity contribution is -0.384. The fourth-order valence-corrected chi connectivity index (χ4v) is 2.26. The quantitative estimate of drug-likeness (QED) is 0.617. The van der Waals surface area contributed by atoms with E-state index in [1.54, 1.807) is 0 Å². The van der Waals surface area contributed by atoms with Crippen LogP contribution in [0.1, 0.15) is 10.4 Å². The average molecular weight is 295 g/mol. The third-order valence-electron chi connectivity index (χ3n) is 3.32. The minimum absolute atomic E-state index is 0.0202. The van der Waals surface area contributed by atoms with Gasteiger partial charge in [0.05, 0.1) is 23.2 Å². The van der Waals surface area contributed by atoms with Gasteiger partial charge < -0.3 is 20.1 Å². The van der Waals surface area contributed by atoms with E-state index in [4.69, 9.17) is 9.84 Å². The van der Waals surface area contributed by atoms with Crippen LogP contribution < -0.4 is 5.32 Å². The zero-order valence-electron chi connectivity index (χ0n) is 11.6. The fourth-order valence-electron chi connectivity index (χ4n) is 2.26. The van der Waals surface area contributed by atoms with E-state index in [-0.39, 0.29) is 23.0 Å². The van der Waals surface area contributed by atoms with Gasteiger partial charge in [-0.15, -0.1) is 0 Å². The summed E-state index contributed by atoms with van der Waals surface area (Å²) in [5.41, 5.74) is -0.348. The topological polar surface area (TPSA) is 105 Å². The molecule has 21 heavy (non-hydrogen) atoms. The number of benzene rings is 1. The highest BCUT2D eigenvalue weighted by atomic mass is 16.6. The summed E-state index contributed by atoms with van der Waals surface area (Å²) in [4.78, 5) is 23.7. The van der Waals surface area contributed by atoms with Crippen molar-refractivity contribution in [3.05, 3.63) is 33.9 Å². The van der Waals surface area contributed by atoms with Crippen LogP contribution in [-0.4, -0.2) is 60.3 Å². The maximum Gasteiger partial charge on any atom is 0.338 e. The van der Waals surface area contributed by atoms with E-state index in [9.17, 15) is 14.9 Å². The van der Waals surface area contributed by atoms with Crippen LogP contribution in [0.3, 0.4) is 0 Å². The van der Waals surface area contributed by atoms with Crippen LogP contribution in [0, 0.1) is 10.1 Å². The van der Waals surface area contributed by atoms with Gasteiger partial charge in [-0.2, -0.15) is 0 Å². The van der Waals surface area contributed by atoms with Gasteiger partial charge in [-0.05, 0) is 13.1 Å². The van der Waals surface area contributed by atoms with Gasteiger partial charge in [-0.25, -0.2) is 4.79 Å². The molecule has 1 saturated heterocycles. The third-order valence-corrected chi connectivity index (χ3v) is 3.32. The normalized spacial score (nSPS) is 19.2. The lowest BCUT2D eigenvalue weighted by atomic mass is 10.1. The average Bonchev–Trinajstić information content (AvgIpc) is 2.44. The minimum Gasteiger partial charge on any atom is -0.478 e. The van der Waals surface area contributed by atoms with E-state index in [0.29, 0.717) is 19.7 Å². The molecule has 1 aliphatic rings. The molecule has 1 unspecified atom stereocenters. The van der Waals surface area contributed by atoms with E-state index < -0.39 is 10.9 Å². The van der Waals surface area contributed by atoms with Crippen molar-refractivity contribution >= 4 is 17.3 Å². The van der Waals surface area contributed by atoms with E-state index in [2.05, 4.69) is 10.2 Å². The summed E-state index contributed by atoms with van der Waals surface area (Å²) in [5.74, 6) is -1.21. The predicted molar refractivity (Wildman–Crippen MR) is 75.8 cm³/mol. The van der Waals surface area contributed by atoms with E-state index in [0.717, 1.165) is 6.54 Å². The summed E-state index contributed by atoms with van der Waals surface area (Å²) in [6.07, 6.45) is -0.134. The number of likely N-dealkylation sites (N-methyl/N-ethyl adjacent to an activating group) is 1. The number of morpholine rings is 1. The first kappa shape index (κ1) is 15.2. The molecule has 0 radical (unpaired) electrons. The maximum atomic E-state index is 11.2. The zero-order chi connectivity index (χ0) is 15.4. The van der Waals surface area contributed by atoms with Crippen LogP contribution in [0.5, 0.6) is 0 Å². The molecule has 0 aromatic heterocycles. The van der Waals surface area contributed by atoms with E-state index >= 15 is 0 Å². The Hall–Kier alpha value is -2.19. The molecule has 8 nitrogen and oxygen atoms in total. The molecule has 2 rings (SSSR count). The summed E-state index contributed by atoms with van der Waals surface area (Å²) in [7, 11) is 1.96. The van der Waals surface area contributed by atoms with Gasteiger partial charge in [-0.1, -0.05) is 6.07 Å². The molecule has 1 atom stereocenters. The van der Waals surface area contributed by atoms with Crippen molar-refractivity contribution in [1.29, 1.82) is 0 Å². The standard InChI is InChI=1S/C13H17N3O5/c1-15-5-6-21-9(8-15)7-14-12-10(13(17)18)3-2-4-11(12)16(19)20/h2-4,9,14H,5-8H2,1H3,(H,17,18). The Bertz CT molecular complexity index is 516. The fraction of sp³-hybridized carbons (Fsp3) is 0.462. The van der Waals surface area contributed by atoms with Crippen LogP contribution in [0.25, 0.3) is 0 Å². The van der Waals surface area contributed by atoms with Gasteiger partial charge in [0, 0.05) is 25.7 Å². The molecular formula is C13H17N3O5. The first-order valence-corrected chi connectivity index (χ1v) is 6.53. The number of para-hydroxylation sites is 1. The Kier molecular flexibility index (Phi) is 4.71. The highest BCUT2D eigenvalue weighted by molar-refractivity contribution is 5.96. The highest BCUT2D eigenvalue weighted by Gasteiger charge is 2.23. The number of nitro benzene ring substituents is 1. The van der Waals surface area contributed by atoms with E-state index in [1.807, 2.05) is 7.05 Å². The predicted octanol–water partition coefficient (Wildman–Crippen LogP) is 1.04. The number of hydrogen-bond acceptors (Lipinski definition) is 6. The summed E-state index contributed by atoms with van der Waals surface area (Å²) in [6.45, 7) is 2.43.